The van der Waals surface area contributed by atoms with Crippen molar-refractivity contribution < 1.29 is 3.89 Å². The number of hydrogen-bond acceptors (Lipinski definition) is 5. The van der Waals surface area contributed by atoms with Crippen molar-refractivity contribution in [2.45, 2.75) is 31.7 Å². The van der Waals surface area contributed by atoms with Crippen LogP contribution in [0.3, 0.4) is 0 Å². The Morgan fingerprint density at radius 2 is 1.70 bits per heavy atom. The molecule has 1 atom stereocenters. The number of anilines is 2. The molecule has 0 saturated heterocycles. The van der Waals surface area contributed by atoms with Crippen LogP contribution in [0.1, 0.15) is 28.3 Å². The molecule has 2 aromatic carbocycles. The van der Waals surface area contributed by atoms with Gasteiger partial charge in [0.05, 0.1) is 24.4 Å². The van der Waals surface area contributed by atoms with Crippen LogP contribution in [-0.2, 0) is 0 Å². The molecule has 30 heavy (non-hydrogen) atoms. The molecule has 1 aliphatic heterocycles. The lowest BCUT2D eigenvalue weighted by Gasteiger charge is -2.27. The molecule has 5 nitrogen and oxygen atoms in total. The van der Waals surface area contributed by atoms with Crippen molar-refractivity contribution >= 4 is 29.5 Å². The number of aryl methyl sites for hydroxylation is 3. The van der Waals surface area contributed by atoms with Crippen LogP contribution in [0, 0.1) is 20.8 Å². The Kier molecular flexibility index (Phi) is 5.99. The van der Waals surface area contributed by atoms with E-state index in [-0.39, 0.29) is 18.2 Å². The summed E-state index contributed by atoms with van der Waals surface area (Å²) in [5.41, 5.74) is 5.98. The van der Waals surface area contributed by atoms with Gasteiger partial charge in [0, 0.05) is 18.8 Å². The number of halogens is 1. The predicted molar refractivity (Wildman–Crippen MR) is 123 cm³/mol. The smallest absolute Gasteiger partial charge is 0.148 e. The van der Waals surface area contributed by atoms with E-state index in [0.29, 0.717) is 17.3 Å². The Morgan fingerprint density at radius 3 is 2.43 bits per heavy atom. The molecule has 3 aromatic rings. The molecule has 0 aliphatic carbocycles. The summed E-state index contributed by atoms with van der Waals surface area (Å²) in [5.74, 6) is 1.52. The van der Waals surface area contributed by atoms with Gasteiger partial charge in [0.1, 0.15) is 16.5 Å². The second-order valence-corrected chi connectivity index (χ2v) is 8.09. The molecule has 0 spiro atoms. The molecule has 3 N–H and O–H groups in total. The Labute approximate surface area is 181 Å². The second-order valence-electron chi connectivity index (χ2n) is 7.50. The van der Waals surface area contributed by atoms with Gasteiger partial charge in [-0.05, 0) is 49.1 Å². The molecule has 0 amide bonds. The number of fused-ring (bicyclic) bond motifs is 1. The molecule has 7 heteroatoms. The lowest BCUT2D eigenvalue weighted by atomic mass is 10.00. The van der Waals surface area contributed by atoms with Crippen molar-refractivity contribution in [1.82, 2.24) is 15.1 Å². The fourth-order valence-electron chi connectivity index (χ4n) is 3.83. The lowest BCUT2D eigenvalue weighted by Crippen LogP contribution is -2.29. The van der Waals surface area contributed by atoms with Gasteiger partial charge >= 0.3 is 0 Å². The van der Waals surface area contributed by atoms with Crippen LogP contribution in [0.2, 0.25) is 0 Å². The number of benzene rings is 2. The Morgan fingerprint density at radius 1 is 1.00 bits per heavy atom. The van der Waals surface area contributed by atoms with E-state index in [1.807, 2.05) is 12.1 Å². The highest BCUT2D eigenvalue weighted by atomic mass is 32.2. The summed E-state index contributed by atoms with van der Waals surface area (Å²) < 4.78 is 15.2. The molecular formula is C23H26FN5S. The highest BCUT2D eigenvalue weighted by molar-refractivity contribution is 7.94. The molecule has 4 rings (SSSR count). The predicted octanol–water partition coefficient (Wildman–Crippen LogP) is 5.45. The fourth-order valence-corrected chi connectivity index (χ4v) is 4.14. The summed E-state index contributed by atoms with van der Waals surface area (Å²) in [5, 5.41) is 14.8. The maximum absolute atomic E-state index is 13.4. The van der Waals surface area contributed by atoms with Crippen molar-refractivity contribution in [3.63, 3.8) is 0 Å². The molecule has 0 fully saturated rings. The molecular weight excluding hydrogens is 397 g/mol. The minimum Gasteiger partial charge on any atom is -0.383 e. The number of hydrogen-bond donors (Lipinski definition) is 3. The zero-order valence-electron chi connectivity index (χ0n) is 17.4. The first-order valence-corrected chi connectivity index (χ1v) is 10.7. The topological polar surface area (TPSA) is 53.9 Å². The van der Waals surface area contributed by atoms with Crippen LogP contribution in [0.15, 0.2) is 59.6 Å². The quantitative estimate of drug-likeness (QED) is 0.441. The maximum atomic E-state index is 13.4. The maximum Gasteiger partial charge on any atom is 0.148 e. The minimum absolute atomic E-state index is 0.0598. The first-order chi connectivity index (χ1) is 14.6. The molecule has 1 aliphatic rings. The van der Waals surface area contributed by atoms with Gasteiger partial charge in [0.25, 0.3) is 0 Å². The van der Waals surface area contributed by atoms with E-state index in [0.717, 1.165) is 17.9 Å². The summed E-state index contributed by atoms with van der Waals surface area (Å²) in [4.78, 5) is 0.481. The van der Waals surface area contributed by atoms with Gasteiger partial charge < -0.3 is 16.0 Å². The molecule has 0 bridgehead atoms. The largest absolute Gasteiger partial charge is 0.383 e. The van der Waals surface area contributed by atoms with Crippen LogP contribution >= 0.6 is 12.1 Å². The number of aromatic nitrogens is 2. The summed E-state index contributed by atoms with van der Waals surface area (Å²) in [6, 6.07) is 14.5. The van der Waals surface area contributed by atoms with E-state index in [2.05, 4.69) is 78.2 Å². The van der Waals surface area contributed by atoms with Gasteiger partial charge in [0.2, 0.25) is 0 Å². The van der Waals surface area contributed by atoms with Gasteiger partial charge in [-0.1, -0.05) is 42.5 Å². The second kappa shape index (κ2) is 8.83. The standard InChI is InChI=1S/C23H26FN5S/c1-15-7-4-5-10-18(15)19-13-21(29-23(28-19)20(30-24)14-27-29)25-11-12-26-22-16(2)8-6-9-17(22)3/h4-10,13-14,19,25-26,28H,11-12H2,1-3H3. The van der Waals surface area contributed by atoms with Gasteiger partial charge in [-0.15, -0.1) is 0 Å². The minimum atomic E-state index is -0.0598. The highest BCUT2D eigenvalue weighted by Crippen LogP contribution is 2.36. The van der Waals surface area contributed by atoms with Crippen molar-refractivity contribution in [1.29, 1.82) is 0 Å². The third-order valence-corrected chi connectivity index (χ3v) is 5.87. The summed E-state index contributed by atoms with van der Waals surface area (Å²) >= 11 is 0.209. The molecule has 0 saturated carbocycles. The van der Waals surface area contributed by atoms with E-state index in [4.69, 9.17) is 0 Å². The van der Waals surface area contributed by atoms with Crippen LogP contribution in [0.4, 0.5) is 15.4 Å². The van der Waals surface area contributed by atoms with E-state index in [9.17, 15) is 3.89 Å². The van der Waals surface area contributed by atoms with Crippen LogP contribution in [0.5, 0.6) is 0 Å². The fraction of sp³-hybridized carbons (Fsp3) is 0.261. The summed E-state index contributed by atoms with van der Waals surface area (Å²) in [6.07, 6.45) is 3.66. The third kappa shape index (κ3) is 4.03. The Balaban J connectivity index is 1.52. The molecule has 2 heterocycles. The molecule has 0 radical (unpaired) electrons. The normalized spacial score (nSPS) is 15.2. The number of nitrogens with zero attached hydrogens (tertiary/aromatic N) is 2. The van der Waals surface area contributed by atoms with Crippen LogP contribution in [0.25, 0.3) is 5.82 Å². The van der Waals surface area contributed by atoms with Crippen LogP contribution in [-0.4, -0.2) is 22.9 Å². The van der Waals surface area contributed by atoms with Gasteiger partial charge in [-0.25, -0.2) is 4.68 Å². The van der Waals surface area contributed by atoms with Crippen LogP contribution < -0.4 is 16.0 Å². The first kappa shape index (κ1) is 20.3. The number of rotatable bonds is 7. The molecule has 156 valence electrons. The van der Waals surface area contributed by atoms with Crippen molar-refractivity contribution in [3.05, 3.63) is 77.0 Å². The number of nitrogens with one attached hydrogen (secondary N) is 3. The monoisotopic (exact) mass is 423 g/mol. The summed E-state index contributed by atoms with van der Waals surface area (Å²) in [6.45, 7) is 7.77. The lowest BCUT2D eigenvalue weighted by molar-refractivity contribution is 0.742. The first-order valence-electron chi connectivity index (χ1n) is 10.0. The van der Waals surface area contributed by atoms with Crippen molar-refractivity contribution in [2.24, 2.45) is 0 Å². The van der Waals surface area contributed by atoms with E-state index in [1.165, 1.54) is 22.4 Å². The zero-order chi connectivity index (χ0) is 21.1. The van der Waals surface area contributed by atoms with Gasteiger partial charge in [0.15, 0.2) is 0 Å². The highest BCUT2D eigenvalue weighted by Gasteiger charge is 2.25. The summed E-state index contributed by atoms with van der Waals surface area (Å²) in [7, 11) is 0. The van der Waals surface area contributed by atoms with Crippen molar-refractivity contribution in [3.8, 4) is 0 Å². The average Bonchev–Trinajstić information content (AvgIpc) is 3.16. The Bertz CT molecular complexity index is 1050. The van der Waals surface area contributed by atoms with Gasteiger partial charge in [-0.3, -0.25) is 0 Å². The average molecular weight is 424 g/mol. The molecule has 1 aromatic heterocycles. The Hall–Kier alpha value is -2.93. The van der Waals surface area contributed by atoms with Crippen molar-refractivity contribution in [2.75, 3.05) is 23.7 Å². The number of para-hydroxylation sites is 1. The zero-order valence-corrected chi connectivity index (χ0v) is 18.2. The third-order valence-electron chi connectivity index (χ3n) is 5.40. The van der Waals surface area contributed by atoms with E-state index in [1.54, 1.807) is 10.9 Å². The van der Waals surface area contributed by atoms with E-state index >= 15 is 0 Å². The molecule has 1 unspecified atom stereocenters. The SMILES string of the molecule is Cc1ccccc1C1C=C(NCCNc2c(C)cccc2C)n2ncc(SF)c2N1. The van der Waals surface area contributed by atoms with E-state index < -0.39 is 0 Å². The van der Waals surface area contributed by atoms with Gasteiger partial charge in [-0.2, -0.15) is 8.98 Å².